The Morgan fingerprint density at radius 1 is 1.19 bits per heavy atom. The molecule has 0 spiro atoms. The van der Waals surface area contributed by atoms with Gasteiger partial charge in [-0.1, -0.05) is 42.8 Å². The molecule has 140 valence electrons. The molecule has 0 radical (unpaired) electrons. The highest BCUT2D eigenvalue weighted by Gasteiger charge is 2.25. The zero-order chi connectivity index (χ0) is 19.3. The third kappa shape index (κ3) is 5.25. The Balaban J connectivity index is 2.19. The largest absolute Gasteiger partial charge is 0.302 e. The van der Waals surface area contributed by atoms with Crippen LogP contribution in [-0.4, -0.2) is 31.8 Å². The fraction of sp³-hybridized carbons (Fsp3) is 0.294. The van der Waals surface area contributed by atoms with Crippen molar-refractivity contribution in [2.24, 2.45) is 0 Å². The summed E-state index contributed by atoms with van der Waals surface area (Å²) in [7, 11) is -2.06. The third-order valence-electron chi connectivity index (χ3n) is 3.86. The summed E-state index contributed by atoms with van der Waals surface area (Å²) in [6.07, 6.45) is 0. The maximum atomic E-state index is 12.5. The van der Waals surface area contributed by atoms with Crippen LogP contribution >= 0.6 is 11.6 Å². The lowest BCUT2D eigenvalue weighted by Crippen LogP contribution is -2.24. The van der Waals surface area contributed by atoms with Crippen LogP contribution in [0.5, 0.6) is 0 Å². The van der Waals surface area contributed by atoms with Crippen LogP contribution in [0.25, 0.3) is 0 Å². The fourth-order valence-electron chi connectivity index (χ4n) is 2.38. The van der Waals surface area contributed by atoms with Gasteiger partial charge in [-0.15, -0.1) is 0 Å². The number of nitrogens with zero attached hydrogens (tertiary/aromatic N) is 2. The second-order valence-electron chi connectivity index (χ2n) is 5.84. The number of hydrogen-bond donors (Lipinski definition) is 1. The molecular weight excluding hydrogens is 378 g/mol. The van der Waals surface area contributed by atoms with Crippen LogP contribution in [0.15, 0.2) is 47.4 Å². The molecule has 9 heteroatoms. The van der Waals surface area contributed by atoms with Crippen molar-refractivity contribution < 1.29 is 13.3 Å². The quantitative estimate of drug-likeness (QED) is 0.545. The van der Waals surface area contributed by atoms with E-state index in [9.17, 15) is 18.5 Å². The first-order valence-electron chi connectivity index (χ1n) is 7.93. The van der Waals surface area contributed by atoms with Crippen molar-refractivity contribution in [3.8, 4) is 0 Å². The van der Waals surface area contributed by atoms with Gasteiger partial charge in [-0.2, -0.15) is 0 Å². The summed E-state index contributed by atoms with van der Waals surface area (Å²) in [6, 6.07) is 11.0. The molecule has 7 nitrogen and oxygen atoms in total. The van der Waals surface area contributed by atoms with E-state index in [4.69, 9.17) is 11.6 Å². The number of halogens is 1. The molecular formula is C17H20ClN3O4S. The number of sulfonamides is 1. The minimum atomic E-state index is -4.05. The molecule has 0 aliphatic heterocycles. The number of nitro groups is 1. The van der Waals surface area contributed by atoms with Crippen LogP contribution in [-0.2, 0) is 23.1 Å². The van der Waals surface area contributed by atoms with Crippen molar-refractivity contribution in [3.63, 3.8) is 0 Å². The Labute approximate surface area is 157 Å². The van der Waals surface area contributed by atoms with Gasteiger partial charge in [-0.25, -0.2) is 13.1 Å². The van der Waals surface area contributed by atoms with Crippen LogP contribution in [0.1, 0.15) is 18.1 Å². The zero-order valence-electron chi connectivity index (χ0n) is 14.5. The topological polar surface area (TPSA) is 92.6 Å². The van der Waals surface area contributed by atoms with Gasteiger partial charge in [0.05, 0.1) is 4.92 Å². The number of nitro benzene ring substituents is 1. The molecule has 0 heterocycles. The van der Waals surface area contributed by atoms with E-state index in [0.717, 1.165) is 36.3 Å². The number of benzene rings is 2. The molecule has 0 amide bonds. The molecule has 2 rings (SSSR count). The van der Waals surface area contributed by atoms with Gasteiger partial charge in [0.2, 0.25) is 10.0 Å². The van der Waals surface area contributed by atoms with Gasteiger partial charge < -0.3 is 4.90 Å². The number of nitrogens with one attached hydrogen (secondary N) is 1. The van der Waals surface area contributed by atoms with Gasteiger partial charge in [-0.05, 0) is 36.9 Å². The summed E-state index contributed by atoms with van der Waals surface area (Å²) >= 11 is 5.73. The SMILES string of the molecule is CCN(C)Cc1cccc(CNS(=O)(=O)c2ccc(Cl)cc2[N+](=O)[O-])c1. The van der Waals surface area contributed by atoms with Crippen molar-refractivity contribution >= 4 is 27.3 Å². The lowest BCUT2D eigenvalue weighted by Gasteiger charge is -2.14. The van der Waals surface area contributed by atoms with Crippen LogP contribution in [0, 0.1) is 10.1 Å². The molecule has 0 aromatic heterocycles. The highest BCUT2D eigenvalue weighted by Crippen LogP contribution is 2.27. The molecule has 26 heavy (non-hydrogen) atoms. The second-order valence-corrected chi connectivity index (χ2v) is 8.02. The first-order valence-corrected chi connectivity index (χ1v) is 9.79. The highest BCUT2D eigenvalue weighted by atomic mass is 35.5. The standard InChI is InChI=1S/C17H20ClN3O4S/c1-3-20(2)12-14-6-4-5-13(9-14)11-19-26(24,25)17-8-7-15(18)10-16(17)21(22)23/h4-10,19H,3,11-12H2,1-2H3. The second kappa shape index (κ2) is 8.59. The Hall–Kier alpha value is -2.00. The predicted molar refractivity (Wildman–Crippen MR) is 101 cm³/mol. The minimum absolute atomic E-state index is 0.0335. The lowest BCUT2D eigenvalue weighted by atomic mass is 10.1. The van der Waals surface area contributed by atoms with Crippen LogP contribution < -0.4 is 4.72 Å². The van der Waals surface area contributed by atoms with Crippen LogP contribution in [0.3, 0.4) is 0 Å². The van der Waals surface area contributed by atoms with E-state index in [1.54, 1.807) is 6.07 Å². The fourth-order valence-corrected chi connectivity index (χ4v) is 3.71. The summed E-state index contributed by atoms with van der Waals surface area (Å²) in [5.74, 6) is 0. The number of rotatable bonds is 8. The number of hydrogen-bond acceptors (Lipinski definition) is 5. The van der Waals surface area contributed by atoms with Gasteiger partial charge in [0.1, 0.15) is 0 Å². The summed E-state index contributed by atoms with van der Waals surface area (Å²) in [6.45, 7) is 3.74. The molecule has 0 aliphatic rings. The van der Waals surface area contributed by atoms with E-state index in [2.05, 4.69) is 16.5 Å². The van der Waals surface area contributed by atoms with Gasteiger partial charge in [0, 0.05) is 24.2 Å². The van der Waals surface area contributed by atoms with E-state index in [1.807, 2.05) is 25.2 Å². The van der Waals surface area contributed by atoms with Gasteiger partial charge in [0.25, 0.3) is 5.69 Å². The van der Waals surface area contributed by atoms with Gasteiger partial charge in [0.15, 0.2) is 4.90 Å². The van der Waals surface area contributed by atoms with Crippen LogP contribution in [0.4, 0.5) is 5.69 Å². The molecule has 0 atom stereocenters. The smallest absolute Gasteiger partial charge is 0.290 e. The Morgan fingerprint density at radius 3 is 2.54 bits per heavy atom. The van der Waals surface area contributed by atoms with Gasteiger partial charge in [-0.3, -0.25) is 10.1 Å². The zero-order valence-corrected chi connectivity index (χ0v) is 16.0. The van der Waals surface area contributed by atoms with Crippen molar-refractivity contribution in [2.45, 2.75) is 24.9 Å². The normalized spacial score (nSPS) is 11.7. The maximum Gasteiger partial charge on any atom is 0.290 e. The Morgan fingerprint density at radius 2 is 1.88 bits per heavy atom. The summed E-state index contributed by atoms with van der Waals surface area (Å²) in [5.41, 5.74) is 1.28. The average molecular weight is 398 g/mol. The molecule has 0 saturated carbocycles. The average Bonchev–Trinajstić information content (AvgIpc) is 2.60. The van der Waals surface area contributed by atoms with E-state index in [0.29, 0.717) is 0 Å². The summed E-state index contributed by atoms with van der Waals surface area (Å²) < 4.78 is 27.4. The monoisotopic (exact) mass is 397 g/mol. The molecule has 1 N–H and O–H groups in total. The van der Waals surface area contributed by atoms with Gasteiger partial charge >= 0.3 is 0 Å². The molecule has 0 unspecified atom stereocenters. The summed E-state index contributed by atoms with van der Waals surface area (Å²) in [5, 5.41) is 11.2. The predicted octanol–water partition coefficient (Wildman–Crippen LogP) is 3.18. The van der Waals surface area contributed by atoms with E-state index in [1.165, 1.54) is 6.07 Å². The van der Waals surface area contributed by atoms with Crippen LogP contribution in [0.2, 0.25) is 5.02 Å². The minimum Gasteiger partial charge on any atom is -0.302 e. The summed E-state index contributed by atoms with van der Waals surface area (Å²) in [4.78, 5) is 12.1. The Bertz CT molecular complexity index is 903. The lowest BCUT2D eigenvalue weighted by molar-refractivity contribution is -0.387. The molecule has 2 aromatic carbocycles. The molecule has 0 aliphatic carbocycles. The molecule has 0 fully saturated rings. The van der Waals surface area contributed by atoms with Crippen molar-refractivity contribution in [1.29, 1.82) is 0 Å². The first kappa shape index (κ1) is 20.3. The van der Waals surface area contributed by atoms with Crippen molar-refractivity contribution in [2.75, 3.05) is 13.6 Å². The third-order valence-corrected chi connectivity index (χ3v) is 5.54. The molecule has 0 saturated heterocycles. The van der Waals surface area contributed by atoms with E-state index >= 15 is 0 Å². The Kier molecular flexibility index (Phi) is 6.71. The van der Waals surface area contributed by atoms with E-state index < -0.39 is 25.5 Å². The van der Waals surface area contributed by atoms with E-state index in [-0.39, 0.29) is 11.6 Å². The van der Waals surface area contributed by atoms with Crippen molar-refractivity contribution in [3.05, 3.63) is 68.7 Å². The maximum absolute atomic E-state index is 12.5. The highest BCUT2D eigenvalue weighted by molar-refractivity contribution is 7.89. The molecule has 2 aromatic rings. The first-order chi connectivity index (χ1) is 12.2. The molecule has 0 bridgehead atoms. The van der Waals surface area contributed by atoms with Crippen molar-refractivity contribution in [1.82, 2.24) is 9.62 Å².